The van der Waals surface area contributed by atoms with Crippen molar-refractivity contribution >= 4 is 41.4 Å². The highest BCUT2D eigenvalue weighted by atomic mass is 16.4. The van der Waals surface area contributed by atoms with Crippen LogP contribution in [0.5, 0.6) is 5.75 Å². The normalized spacial score (nSPS) is 26.2. The largest absolute Gasteiger partial charge is 0.508 e. The van der Waals surface area contributed by atoms with E-state index in [1.807, 2.05) is 0 Å². The zero-order valence-corrected chi connectivity index (χ0v) is 30.5. The Hall–Kier alpha value is -4.77. The molecule has 2 heterocycles. The number of benzene rings is 1. The number of carboxylic acid groups (broad SMARTS) is 1. The molecule has 17 heteroatoms. The number of nitrogens with zero attached hydrogens (tertiary/aromatic N) is 1. The van der Waals surface area contributed by atoms with Gasteiger partial charge in [0.15, 0.2) is 0 Å². The van der Waals surface area contributed by atoms with Gasteiger partial charge in [0.1, 0.15) is 29.9 Å². The lowest BCUT2D eigenvalue weighted by molar-refractivity contribution is -0.142. The van der Waals surface area contributed by atoms with Crippen LogP contribution in [0.3, 0.4) is 0 Å². The Kier molecular flexibility index (Phi) is 14.5. The number of rotatable bonds is 9. The second-order valence-electron chi connectivity index (χ2n) is 14.9. The van der Waals surface area contributed by atoms with Crippen LogP contribution >= 0.6 is 0 Å². The predicted octanol–water partition coefficient (Wildman–Crippen LogP) is -0.999. The Morgan fingerprint density at radius 2 is 1.40 bits per heavy atom. The Morgan fingerprint density at radius 3 is 1.98 bits per heavy atom. The van der Waals surface area contributed by atoms with Crippen molar-refractivity contribution in [1.29, 1.82) is 0 Å². The average molecular weight is 732 g/mol. The summed E-state index contributed by atoms with van der Waals surface area (Å²) in [5.41, 5.74) is -0.0644. The molecule has 9 N–H and O–H groups in total. The number of aliphatic hydroxyl groups excluding tert-OH is 1. The van der Waals surface area contributed by atoms with Crippen molar-refractivity contribution in [1.82, 2.24) is 36.8 Å². The third kappa shape index (κ3) is 12.5. The van der Waals surface area contributed by atoms with Crippen molar-refractivity contribution in [2.45, 2.75) is 128 Å². The topological polar surface area (TPSA) is 256 Å². The molecule has 3 rings (SSSR count). The van der Waals surface area contributed by atoms with E-state index in [1.165, 1.54) is 19.1 Å². The highest BCUT2D eigenvalue weighted by Crippen LogP contribution is 2.23. The van der Waals surface area contributed by atoms with Gasteiger partial charge in [-0.1, -0.05) is 26.0 Å². The summed E-state index contributed by atoms with van der Waals surface area (Å²) in [7, 11) is 0. The molecule has 1 aromatic rings. The molecule has 2 saturated heterocycles. The number of fused-ring (bicyclic) bond motifs is 1. The number of phenols is 1. The van der Waals surface area contributed by atoms with Crippen LogP contribution in [0.1, 0.15) is 79.2 Å². The summed E-state index contributed by atoms with van der Waals surface area (Å²) in [6.45, 7) is 10.4. The van der Waals surface area contributed by atoms with Crippen LogP contribution in [0.2, 0.25) is 0 Å². The molecule has 0 aliphatic carbocycles. The number of amides is 6. The number of aromatic hydroxyl groups is 1. The minimum Gasteiger partial charge on any atom is -0.508 e. The first-order valence-corrected chi connectivity index (χ1v) is 17.5. The van der Waals surface area contributed by atoms with Crippen LogP contribution in [-0.4, -0.2) is 116 Å². The van der Waals surface area contributed by atoms with Crippen LogP contribution in [0.15, 0.2) is 24.3 Å². The van der Waals surface area contributed by atoms with Crippen LogP contribution in [0, 0.1) is 5.92 Å². The van der Waals surface area contributed by atoms with Gasteiger partial charge in [-0.05, 0) is 70.6 Å². The molecule has 2 aliphatic rings. The summed E-state index contributed by atoms with van der Waals surface area (Å²) in [6.07, 6.45) is -3.01. The number of nitrogens with one attached hydrogen (secondary N) is 6. The number of aliphatic carboxylic acids is 1. The van der Waals surface area contributed by atoms with E-state index < -0.39 is 95.9 Å². The lowest BCUT2D eigenvalue weighted by atomic mass is 10.00. The molecule has 2 fully saturated rings. The molecule has 52 heavy (non-hydrogen) atoms. The molecular formula is C35H53N7O10. The van der Waals surface area contributed by atoms with Crippen molar-refractivity contribution in [2.75, 3.05) is 6.54 Å². The summed E-state index contributed by atoms with van der Waals surface area (Å²) in [5.74, 6) is -6.29. The lowest BCUT2D eigenvalue weighted by Crippen LogP contribution is -2.62. The SMILES string of the molecule is CC(C)C[C@@H]1NC(=O)[C@@H](Cc2ccc(O)cc2)NC(=O)[C@@H]2CCCN2[C@H](CC(=O)NC(C)(C)C)NC(=O)[C@@H]([C@@H](C)O)NC(=O)[C@H](CC(=O)O)NC1=O. The minimum absolute atomic E-state index is 0.0113. The third-order valence-corrected chi connectivity index (χ3v) is 8.62. The van der Waals surface area contributed by atoms with Crippen molar-refractivity contribution < 1.29 is 48.9 Å². The van der Waals surface area contributed by atoms with Gasteiger partial charge in [-0.3, -0.25) is 38.5 Å². The monoisotopic (exact) mass is 731 g/mol. The van der Waals surface area contributed by atoms with Crippen LogP contribution in [0.4, 0.5) is 0 Å². The molecule has 0 bridgehead atoms. The van der Waals surface area contributed by atoms with Gasteiger partial charge < -0.3 is 47.2 Å². The zero-order chi connectivity index (χ0) is 38.9. The summed E-state index contributed by atoms with van der Waals surface area (Å²) >= 11 is 0. The first-order valence-electron chi connectivity index (χ1n) is 17.5. The fourth-order valence-corrected chi connectivity index (χ4v) is 6.23. The van der Waals surface area contributed by atoms with Gasteiger partial charge in [0.25, 0.3) is 0 Å². The quantitative estimate of drug-likeness (QED) is 0.149. The van der Waals surface area contributed by atoms with Gasteiger partial charge in [-0.25, -0.2) is 0 Å². The molecule has 0 spiro atoms. The molecule has 6 amide bonds. The Morgan fingerprint density at radius 1 is 0.827 bits per heavy atom. The Bertz CT molecular complexity index is 1480. The standard InChI is InChI=1S/C35H53N7O10/c1-18(2)14-22-30(48)37-24(16-28(46)47)32(50)40-29(19(3)43)34(52)39-26(17-27(45)41-35(4,5)6)42-13-7-8-25(42)33(51)38-23(31(49)36-22)15-20-9-11-21(44)12-10-20/h9-12,18-19,22-26,29,43-44H,7-8,13-17H2,1-6H3,(H,36,49)(H,37,48)(H,38,51)(H,39,52)(H,40,50)(H,41,45)(H,46,47)/t19-,22+,23-,24+,25+,26-,29-/m1/s1. The molecular weight excluding hydrogens is 678 g/mol. The highest BCUT2D eigenvalue weighted by molar-refractivity contribution is 5.97. The number of hydrogen-bond donors (Lipinski definition) is 9. The van der Waals surface area contributed by atoms with Gasteiger partial charge in [0, 0.05) is 18.5 Å². The van der Waals surface area contributed by atoms with Gasteiger partial charge >= 0.3 is 5.97 Å². The summed E-state index contributed by atoms with van der Waals surface area (Å²) in [4.78, 5) is 95.5. The highest BCUT2D eigenvalue weighted by Gasteiger charge is 2.41. The summed E-state index contributed by atoms with van der Waals surface area (Å²) in [5, 5.41) is 45.7. The van der Waals surface area contributed by atoms with Crippen molar-refractivity contribution in [3.8, 4) is 5.75 Å². The lowest BCUT2D eigenvalue weighted by Gasteiger charge is -2.35. The van der Waals surface area contributed by atoms with Crippen molar-refractivity contribution in [3.63, 3.8) is 0 Å². The fraction of sp³-hybridized carbons (Fsp3) is 0.629. The van der Waals surface area contributed by atoms with Gasteiger partial charge in [0.05, 0.1) is 31.2 Å². The second-order valence-corrected chi connectivity index (χ2v) is 14.9. The maximum Gasteiger partial charge on any atom is 0.305 e. The Balaban J connectivity index is 2.13. The van der Waals surface area contributed by atoms with Gasteiger partial charge in [0.2, 0.25) is 35.4 Å². The molecule has 0 radical (unpaired) electrons. The van der Waals surface area contributed by atoms with E-state index in [-0.39, 0.29) is 37.5 Å². The van der Waals surface area contributed by atoms with Crippen molar-refractivity contribution in [2.24, 2.45) is 5.92 Å². The molecule has 0 saturated carbocycles. The molecule has 1 aromatic carbocycles. The molecule has 288 valence electrons. The number of carbonyl (C=O) groups excluding carboxylic acids is 6. The number of aliphatic hydroxyl groups is 1. The van der Waals surface area contributed by atoms with E-state index >= 15 is 0 Å². The number of carbonyl (C=O) groups is 7. The molecule has 7 atom stereocenters. The number of hydrogen-bond acceptors (Lipinski definition) is 10. The number of phenolic OH excluding ortho intramolecular Hbond substituents is 1. The zero-order valence-electron chi connectivity index (χ0n) is 30.5. The summed E-state index contributed by atoms with van der Waals surface area (Å²) in [6, 6.07) is -0.812. The molecule has 0 unspecified atom stereocenters. The molecule has 0 aromatic heterocycles. The van der Waals surface area contributed by atoms with Crippen LogP contribution in [-0.2, 0) is 40.0 Å². The molecule has 2 aliphatic heterocycles. The average Bonchev–Trinajstić information content (AvgIpc) is 3.51. The maximum absolute atomic E-state index is 14.1. The Labute approximate surface area is 303 Å². The van der Waals surface area contributed by atoms with Gasteiger partial charge in [-0.15, -0.1) is 0 Å². The summed E-state index contributed by atoms with van der Waals surface area (Å²) < 4.78 is 0. The third-order valence-electron chi connectivity index (χ3n) is 8.62. The van der Waals surface area contributed by atoms with Gasteiger partial charge in [-0.2, -0.15) is 0 Å². The van der Waals surface area contributed by atoms with Crippen LogP contribution in [0.25, 0.3) is 0 Å². The minimum atomic E-state index is -1.72. The smallest absolute Gasteiger partial charge is 0.305 e. The number of carboxylic acids is 1. The second kappa shape index (κ2) is 18.1. The molecule has 17 nitrogen and oxygen atoms in total. The first kappa shape index (κ1) is 41.6. The fourth-order valence-electron chi connectivity index (χ4n) is 6.23. The predicted molar refractivity (Wildman–Crippen MR) is 187 cm³/mol. The first-order chi connectivity index (χ1) is 24.2. The van der Waals surface area contributed by atoms with Crippen LogP contribution < -0.4 is 31.9 Å². The van der Waals surface area contributed by atoms with E-state index in [0.29, 0.717) is 18.4 Å². The van der Waals surface area contributed by atoms with Crippen molar-refractivity contribution in [3.05, 3.63) is 29.8 Å². The van der Waals surface area contributed by atoms with E-state index in [9.17, 15) is 48.9 Å². The van der Waals surface area contributed by atoms with E-state index in [4.69, 9.17) is 0 Å². The maximum atomic E-state index is 14.1. The van der Waals surface area contributed by atoms with E-state index in [2.05, 4.69) is 31.9 Å². The van der Waals surface area contributed by atoms with E-state index in [0.717, 1.165) is 0 Å². The van der Waals surface area contributed by atoms with E-state index in [1.54, 1.807) is 51.7 Å².